The van der Waals surface area contributed by atoms with Gasteiger partial charge in [0.2, 0.25) is 22.3 Å². The number of rotatable bonds is 8. The lowest BCUT2D eigenvalue weighted by Crippen LogP contribution is -2.53. The van der Waals surface area contributed by atoms with E-state index in [9.17, 15) is 31.2 Å². The molecule has 40 heavy (non-hydrogen) atoms. The highest BCUT2D eigenvalue weighted by Gasteiger charge is 2.33. The van der Waals surface area contributed by atoms with Gasteiger partial charge in [0.25, 0.3) is 0 Å². The molecule has 0 radical (unpaired) electrons. The number of alkyl halides is 3. The Labute approximate surface area is 231 Å². The topological polar surface area (TPSA) is 114 Å². The van der Waals surface area contributed by atoms with Crippen LogP contribution in [-0.2, 0) is 32.3 Å². The summed E-state index contributed by atoms with van der Waals surface area (Å²) in [5.41, 5.74) is 4.36. The SMILES string of the molecule is CC(C)c1ccc(CNC=O)cc1.O=C(CN1CN=CN1)N1CCN(S(=O)(=O)c2ccc(C(F)(F)F)cc2)CC1. The molecule has 2 heterocycles. The van der Waals surface area contributed by atoms with Gasteiger partial charge in [-0.05, 0) is 41.3 Å². The van der Waals surface area contributed by atoms with E-state index < -0.39 is 21.8 Å². The van der Waals surface area contributed by atoms with E-state index in [-0.39, 0.29) is 43.5 Å². The maximum absolute atomic E-state index is 12.6. The van der Waals surface area contributed by atoms with Gasteiger partial charge >= 0.3 is 6.18 Å². The molecule has 0 atom stereocenters. The molecular formula is C26H33F3N6O4S. The van der Waals surface area contributed by atoms with Gasteiger partial charge < -0.3 is 15.6 Å². The average molecular weight is 583 g/mol. The summed E-state index contributed by atoms with van der Waals surface area (Å²) >= 11 is 0. The molecule has 1 fully saturated rings. The van der Waals surface area contributed by atoms with Gasteiger partial charge in [-0.25, -0.2) is 8.42 Å². The van der Waals surface area contributed by atoms with Crippen LogP contribution in [0.4, 0.5) is 13.2 Å². The number of hydrazine groups is 1. The minimum atomic E-state index is -4.52. The molecule has 0 aliphatic carbocycles. The molecular weight excluding hydrogens is 549 g/mol. The van der Waals surface area contributed by atoms with Crippen molar-refractivity contribution in [3.63, 3.8) is 0 Å². The Morgan fingerprint density at radius 1 is 1.05 bits per heavy atom. The molecule has 2 aromatic rings. The average Bonchev–Trinajstić information content (AvgIpc) is 3.45. The zero-order valence-corrected chi connectivity index (χ0v) is 23.1. The van der Waals surface area contributed by atoms with E-state index in [0.29, 0.717) is 19.1 Å². The lowest BCUT2D eigenvalue weighted by atomic mass is 10.0. The zero-order valence-electron chi connectivity index (χ0n) is 22.3. The molecule has 2 aliphatic heterocycles. The van der Waals surface area contributed by atoms with E-state index in [1.54, 1.807) is 9.91 Å². The number of benzene rings is 2. The number of halogens is 3. The Morgan fingerprint density at radius 3 is 2.17 bits per heavy atom. The van der Waals surface area contributed by atoms with Crippen LogP contribution in [0.5, 0.6) is 0 Å². The first-order valence-corrected chi connectivity index (χ1v) is 14.1. The number of sulfonamides is 1. The van der Waals surface area contributed by atoms with Crippen molar-refractivity contribution < 1.29 is 31.2 Å². The van der Waals surface area contributed by atoms with Crippen molar-refractivity contribution in [2.75, 3.05) is 39.4 Å². The summed E-state index contributed by atoms with van der Waals surface area (Å²) in [6, 6.07) is 11.7. The summed E-state index contributed by atoms with van der Waals surface area (Å²) in [5.74, 6) is 0.410. The highest BCUT2D eigenvalue weighted by Crippen LogP contribution is 2.30. The monoisotopic (exact) mass is 582 g/mol. The highest BCUT2D eigenvalue weighted by molar-refractivity contribution is 7.89. The molecule has 10 nitrogen and oxygen atoms in total. The third-order valence-corrected chi connectivity index (χ3v) is 8.27. The van der Waals surface area contributed by atoms with Crippen LogP contribution < -0.4 is 10.7 Å². The summed E-state index contributed by atoms with van der Waals surface area (Å²) in [5, 5.41) is 4.25. The van der Waals surface area contributed by atoms with Crippen molar-refractivity contribution in [2.24, 2.45) is 4.99 Å². The van der Waals surface area contributed by atoms with E-state index in [0.717, 1.165) is 36.2 Å². The predicted octanol–water partition coefficient (Wildman–Crippen LogP) is 2.40. The van der Waals surface area contributed by atoms with Crippen molar-refractivity contribution in [1.82, 2.24) is 25.0 Å². The van der Waals surface area contributed by atoms with Crippen molar-refractivity contribution >= 4 is 28.7 Å². The van der Waals surface area contributed by atoms with E-state index >= 15 is 0 Å². The number of nitrogens with one attached hydrogen (secondary N) is 2. The molecule has 2 aromatic carbocycles. The van der Waals surface area contributed by atoms with Crippen LogP contribution in [0.1, 0.15) is 36.5 Å². The molecule has 4 rings (SSSR count). The van der Waals surface area contributed by atoms with Gasteiger partial charge in [0, 0.05) is 32.7 Å². The third-order valence-electron chi connectivity index (χ3n) is 6.36. The number of hydrogen-bond donors (Lipinski definition) is 2. The smallest absolute Gasteiger partial charge is 0.355 e. The molecule has 0 bridgehead atoms. The first-order chi connectivity index (χ1) is 18.9. The number of aliphatic imine (C=N–C) groups is 1. The van der Waals surface area contributed by atoms with E-state index in [4.69, 9.17) is 0 Å². The van der Waals surface area contributed by atoms with Crippen LogP contribution >= 0.6 is 0 Å². The third kappa shape index (κ3) is 8.50. The van der Waals surface area contributed by atoms with Gasteiger partial charge in [-0.2, -0.15) is 22.5 Å². The Morgan fingerprint density at radius 2 is 1.68 bits per heavy atom. The first kappa shape index (κ1) is 31.0. The van der Waals surface area contributed by atoms with E-state index in [1.807, 2.05) is 12.1 Å². The minimum absolute atomic E-state index is 0.0824. The van der Waals surface area contributed by atoms with Gasteiger partial charge in [0.15, 0.2) is 0 Å². The molecule has 2 aliphatic rings. The Balaban J connectivity index is 0.000000285. The van der Waals surface area contributed by atoms with Crippen LogP contribution in [0, 0.1) is 0 Å². The van der Waals surface area contributed by atoms with Gasteiger partial charge in [0.05, 0.1) is 23.3 Å². The number of piperazine rings is 1. The minimum Gasteiger partial charge on any atom is -0.355 e. The number of carbonyl (C=O) groups is 2. The van der Waals surface area contributed by atoms with Crippen LogP contribution in [-0.4, -0.2) is 80.7 Å². The molecule has 14 heteroatoms. The lowest BCUT2D eigenvalue weighted by Gasteiger charge is -2.34. The summed E-state index contributed by atoms with van der Waals surface area (Å²) < 4.78 is 64.3. The Hall–Kier alpha value is -3.49. The zero-order chi connectivity index (χ0) is 29.3. The van der Waals surface area contributed by atoms with E-state index in [2.05, 4.69) is 41.7 Å². The van der Waals surface area contributed by atoms with Crippen molar-refractivity contribution in [3.05, 3.63) is 65.2 Å². The Kier molecular flexibility index (Phi) is 10.7. The summed E-state index contributed by atoms with van der Waals surface area (Å²) in [6.45, 7) is 6.03. The second kappa shape index (κ2) is 13.7. The number of hydrogen-bond acceptors (Lipinski definition) is 7. The Bertz CT molecular complexity index is 1250. The second-order valence-electron chi connectivity index (χ2n) is 9.48. The van der Waals surface area contributed by atoms with Crippen LogP contribution in [0.3, 0.4) is 0 Å². The van der Waals surface area contributed by atoms with Crippen LogP contribution in [0.2, 0.25) is 0 Å². The molecule has 218 valence electrons. The maximum Gasteiger partial charge on any atom is 0.416 e. The van der Waals surface area contributed by atoms with Gasteiger partial charge in [-0.3, -0.25) is 14.6 Å². The second-order valence-corrected chi connectivity index (χ2v) is 11.4. The van der Waals surface area contributed by atoms with Crippen molar-refractivity contribution in [1.29, 1.82) is 0 Å². The molecule has 2 N–H and O–H groups in total. The fourth-order valence-electron chi connectivity index (χ4n) is 3.98. The quantitative estimate of drug-likeness (QED) is 0.462. The molecule has 0 spiro atoms. The molecule has 1 saturated heterocycles. The molecule has 0 aromatic heterocycles. The normalized spacial score (nSPS) is 16.3. The summed E-state index contributed by atoms with van der Waals surface area (Å²) in [4.78, 5) is 27.5. The van der Waals surface area contributed by atoms with Crippen molar-refractivity contribution in [3.8, 4) is 0 Å². The lowest BCUT2D eigenvalue weighted by molar-refractivity contribution is -0.137. The first-order valence-electron chi connectivity index (χ1n) is 12.6. The van der Waals surface area contributed by atoms with E-state index in [1.165, 1.54) is 16.2 Å². The number of carbonyl (C=O) groups excluding carboxylic acids is 2. The maximum atomic E-state index is 12.6. The summed E-state index contributed by atoms with van der Waals surface area (Å²) in [7, 11) is -3.91. The fourth-order valence-corrected chi connectivity index (χ4v) is 5.41. The van der Waals surface area contributed by atoms with Gasteiger partial charge in [0.1, 0.15) is 6.67 Å². The molecule has 0 saturated carbocycles. The molecule has 2 amide bonds. The highest BCUT2D eigenvalue weighted by atomic mass is 32.2. The van der Waals surface area contributed by atoms with Crippen LogP contribution in [0.15, 0.2) is 58.4 Å². The van der Waals surface area contributed by atoms with Crippen molar-refractivity contribution in [2.45, 2.75) is 37.4 Å². The van der Waals surface area contributed by atoms with Gasteiger partial charge in [-0.15, -0.1) is 0 Å². The van der Waals surface area contributed by atoms with Gasteiger partial charge in [-0.1, -0.05) is 38.1 Å². The fraction of sp³-hybridized carbons (Fsp3) is 0.423. The predicted molar refractivity (Wildman–Crippen MR) is 143 cm³/mol. The largest absolute Gasteiger partial charge is 0.416 e. The molecule has 0 unspecified atom stereocenters. The number of amides is 2. The summed E-state index contributed by atoms with van der Waals surface area (Å²) in [6.07, 6.45) is -2.32. The standard InChI is InChI=1S/C15H18F3N5O3S.C11H15NO/c16-15(17,18)12-1-3-13(4-2-12)27(25,26)23-7-5-21(6-8-23)14(24)9-22-11-19-10-20-22;1-9(2)11-5-3-10(4-6-11)7-12-8-13/h1-4,10H,5-9,11H2,(H,19,20);3-6,8-9H,7H2,1-2H3,(H,12,13). The number of nitrogens with zero attached hydrogens (tertiary/aromatic N) is 4. The van der Waals surface area contributed by atoms with Crippen LogP contribution in [0.25, 0.3) is 0 Å².